The van der Waals surface area contributed by atoms with Crippen LogP contribution in [0.15, 0.2) is 64.2 Å². The number of hydrogen-bond donors (Lipinski definition) is 2. The van der Waals surface area contributed by atoms with Crippen LogP contribution in [0.2, 0.25) is 0 Å². The summed E-state index contributed by atoms with van der Waals surface area (Å²) in [5, 5.41) is 0. The second-order valence-electron chi connectivity index (χ2n) is 8.05. The largest absolute Gasteiger partial charge is 0.383 e. The average Bonchev–Trinajstić information content (AvgIpc) is 2.80. The molecule has 8 nitrogen and oxygen atoms in total. The van der Waals surface area contributed by atoms with E-state index in [0.717, 1.165) is 17.5 Å². The number of nitrogens with two attached hydrogens (primary N) is 1. The molecule has 0 saturated heterocycles. The first-order valence-corrected chi connectivity index (χ1v) is 11.1. The molecule has 3 aromatic rings. The van der Waals surface area contributed by atoms with Crippen LogP contribution in [0.25, 0.3) is 0 Å². The molecule has 1 amide bonds. The third kappa shape index (κ3) is 5.78. The number of aromatic amines is 1. The van der Waals surface area contributed by atoms with Gasteiger partial charge >= 0.3 is 5.69 Å². The van der Waals surface area contributed by atoms with Gasteiger partial charge < -0.3 is 10.6 Å². The van der Waals surface area contributed by atoms with Gasteiger partial charge in [0.15, 0.2) is 5.69 Å². The minimum absolute atomic E-state index is 0.00118. The highest BCUT2D eigenvalue weighted by Gasteiger charge is 2.24. The van der Waals surface area contributed by atoms with Crippen LogP contribution in [0.3, 0.4) is 0 Å². The summed E-state index contributed by atoms with van der Waals surface area (Å²) in [7, 11) is 1.85. The number of aromatic nitrogens is 2. The molecule has 1 heterocycles. The molecule has 8 heteroatoms. The van der Waals surface area contributed by atoms with Crippen molar-refractivity contribution in [2.24, 2.45) is 0 Å². The highest BCUT2D eigenvalue weighted by molar-refractivity contribution is 5.96. The van der Waals surface area contributed by atoms with Gasteiger partial charge in [0, 0.05) is 13.1 Å². The lowest BCUT2D eigenvalue weighted by molar-refractivity contribution is -0.119. The Balaban J connectivity index is 1.82. The summed E-state index contributed by atoms with van der Waals surface area (Å²) in [4.78, 5) is 43.7. The van der Waals surface area contributed by atoms with Crippen LogP contribution in [0.1, 0.15) is 30.5 Å². The molecule has 0 radical (unpaired) electrons. The predicted octanol–water partition coefficient (Wildman–Crippen LogP) is 2.21. The third-order valence-corrected chi connectivity index (χ3v) is 5.57. The molecule has 1 aromatic heterocycles. The zero-order chi connectivity index (χ0) is 24.0. The van der Waals surface area contributed by atoms with Gasteiger partial charge in [-0.15, -0.1) is 0 Å². The summed E-state index contributed by atoms with van der Waals surface area (Å²) in [5.41, 5.74) is 8.19. The van der Waals surface area contributed by atoms with Crippen LogP contribution < -0.4 is 21.9 Å². The molecule has 0 saturated carbocycles. The van der Waals surface area contributed by atoms with Gasteiger partial charge in [-0.25, -0.2) is 4.79 Å². The van der Waals surface area contributed by atoms with Gasteiger partial charge in [-0.2, -0.15) is 0 Å². The van der Waals surface area contributed by atoms with Gasteiger partial charge in [0.05, 0.1) is 13.1 Å². The molecule has 0 atom stereocenters. The number of nitrogens with one attached hydrogen (secondary N) is 1. The zero-order valence-electron chi connectivity index (χ0n) is 19.4. The molecule has 3 rings (SSSR count). The first-order chi connectivity index (χ1) is 15.8. The Kier molecular flexibility index (Phi) is 7.84. The topological polar surface area (TPSA) is 104 Å². The molecule has 0 spiro atoms. The van der Waals surface area contributed by atoms with E-state index in [9.17, 15) is 14.4 Å². The number of nitrogen functional groups attached to an aromatic ring is 1. The van der Waals surface area contributed by atoms with E-state index in [0.29, 0.717) is 6.54 Å². The van der Waals surface area contributed by atoms with Crippen molar-refractivity contribution in [1.29, 1.82) is 0 Å². The number of amides is 1. The molecule has 2 aromatic carbocycles. The van der Waals surface area contributed by atoms with Gasteiger partial charge in [-0.05, 0) is 37.1 Å². The summed E-state index contributed by atoms with van der Waals surface area (Å²) < 4.78 is 1.28. The van der Waals surface area contributed by atoms with Crippen LogP contribution in [0, 0.1) is 0 Å². The number of nitrogens with zero attached hydrogens (tertiary/aromatic N) is 3. The number of benzene rings is 2. The summed E-state index contributed by atoms with van der Waals surface area (Å²) in [5.74, 6) is -0.298. The molecule has 0 aliphatic carbocycles. The molecule has 3 N–H and O–H groups in total. The van der Waals surface area contributed by atoms with Gasteiger partial charge in [0.1, 0.15) is 5.82 Å². The second-order valence-corrected chi connectivity index (χ2v) is 8.05. The van der Waals surface area contributed by atoms with Gasteiger partial charge in [0.2, 0.25) is 5.91 Å². The van der Waals surface area contributed by atoms with Crippen LogP contribution >= 0.6 is 0 Å². The van der Waals surface area contributed by atoms with Crippen LogP contribution in [0.4, 0.5) is 11.5 Å². The number of likely N-dealkylation sites (N-methyl/N-ethyl adjacent to an activating group) is 2. The van der Waals surface area contributed by atoms with E-state index in [-0.39, 0.29) is 37.0 Å². The van der Waals surface area contributed by atoms with E-state index in [4.69, 9.17) is 5.73 Å². The lowest BCUT2D eigenvalue weighted by atomic mass is 10.1. The highest BCUT2D eigenvalue weighted by Crippen LogP contribution is 2.18. The molecule has 0 fully saturated rings. The standard InChI is InChI=1S/C25H31N5O3/c1-4-18-11-13-20(14-12-18)15-28(3)17-21(31)29(5-2)22-23(26)30(25(33)27-24(22)32)16-19-9-7-6-8-10-19/h6-14H,4-5,15-17,26H2,1-3H3,(H,27,32,33). The molecular formula is C25H31N5O3. The molecule has 0 unspecified atom stereocenters. The first kappa shape index (κ1) is 24.0. The van der Waals surface area contributed by atoms with Crippen LogP contribution in [0.5, 0.6) is 0 Å². The summed E-state index contributed by atoms with van der Waals surface area (Å²) in [6, 6.07) is 17.6. The Morgan fingerprint density at radius 3 is 2.21 bits per heavy atom. The van der Waals surface area contributed by atoms with Gasteiger partial charge in [-0.1, -0.05) is 61.5 Å². The number of carbonyl (C=O) groups excluding carboxylic acids is 1. The summed E-state index contributed by atoms with van der Waals surface area (Å²) in [6.07, 6.45) is 0.975. The number of anilines is 2. The lowest BCUT2D eigenvalue weighted by Gasteiger charge is -2.25. The average molecular weight is 450 g/mol. The van der Waals surface area contributed by atoms with Crippen molar-refractivity contribution in [3.8, 4) is 0 Å². The maximum absolute atomic E-state index is 13.1. The van der Waals surface area contributed by atoms with E-state index in [1.54, 1.807) is 6.92 Å². The monoisotopic (exact) mass is 449 g/mol. The van der Waals surface area contributed by atoms with Gasteiger partial charge in [0.25, 0.3) is 5.56 Å². The van der Waals surface area contributed by atoms with Crippen LogP contribution in [-0.4, -0.2) is 40.5 Å². The lowest BCUT2D eigenvalue weighted by Crippen LogP contribution is -2.44. The molecule has 174 valence electrons. The zero-order valence-corrected chi connectivity index (χ0v) is 19.4. The molecule has 0 bridgehead atoms. The van der Waals surface area contributed by atoms with Crippen molar-refractivity contribution in [3.05, 3.63) is 92.1 Å². The highest BCUT2D eigenvalue weighted by atomic mass is 16.2. The third-order valence-electron chi connectivity index (χ3n) is 5.57. The Morgan fingerprint density at radius 1 is 0.970 bits per heavy atom. The van der Waals surface area contributed by atoms with Crippen molar-refractivity contribution in [2.75, 3.05) is 30.8 Å². The quantitative estimate of drug-likeness (QED) is 0.521. The maximum atomic E-state index is 13.1. The van der Waals surface area contributed by atoms with E-state index < -0.39 is 11.2 Å². The molecule has 0 aliphatic rings. The fourth-order valence-corrected chi connectivity index (χ4v) is 3.78. The van der Waals surface area contributed by atoms with E-state index in [2.05, 4.69) is 36.2 Å². The Morgan fingerprint density at radius 2 is 1.61 bits per heavy atom. The van der Waals surface area contributed by atoms with Crippen LogP contribution in [-0.2, 0) is 24.3 Å². The molecular weight excluding hydrogens is 418 g/mol. The fraction of sp³-hybridized carbons (Fsp3) is 0.320. The Hall–Kier alpha value is -3.65. The van der Waals surface area contributed by atoms with E-state index >= 15 is 0 Å². The first-order valence-electron chi connectivity index (χ1n) is 11.1. The smallest absolute Gasteiger partial charge is 0.330 e. The maximum Gasteiger partial charge on any atom is 0.330 e. The van der Waals surface area contributed by atoms with Crippen molar-refractivity contribution in [1.82, 2.24) is 14.5 Å². The second kappa shape index (κ2) is 10.8. The van der Waals surface area contributed by atoms with Crippen molar-refractivity contribution in [3.63, 3.8) is 0 Å². The van der Waals surface area contributed by atoms with Crippen molar-refractivity contribution in [2.45, 2.75) is 33.4 Å². The SMILES string of the molecule is CCc1ccc(CN(C)CC(=O)N(CC)c2c(N)n(Cc3ccccc3)c(=O)[nH]c2=O)cc1. The summed E-state index contributed by atoms with van der Waals surface area (Å²) >= 11 is 0. The Bertz CT molecular complexity index is 1200. The fourth-order valence-electron chi connectivity index (χ4n) is 3.78. The Labute approximate surface area is 193 Å². The normalized spacial score (nSPS) is 11.0. The van der Waals surface area contributed by atoms with Crippen molar-refractivity contribution >= 4 is 17.4 Å². The predicted molar refractivity (Wildman–Crippen MR) is 131 cm³/mol. The number of H-pyrrole nitrogens is 1. The minimum atomic E-state index is -0.671. The number of rotatable bonds is 9. The van der Waals surface area contributed by atoms with E-state index in [1.165, 1.54) is 15.0 Å². The number of aryl methyl sites for hydroxylation is 1. The van der Waals surface area contributed by atoms with Gasteiger partial charge in [-0.3, -0.25) is 24.0 Å². The van der Waals surface area contributed by atoms with E-state index in [1.807, 2.05) is 42.3 Å². The minimum Gasteiger partial charge on any atom is -0.383 e. The molecule has 33 heavy (non-hydrogen) atoms. The number of carbonyl (C=O) groups is 1. The summed E-state index contributed by atoms with van der Waals surface area (Å²) in [6.45, 7) is 5.00. The molecule has 0 aliphatic heterocycles. The number of hydrogen-bond acceptors (Lipinski definition) is 5. The van der Waals surface area contributed by atoms with Crippen molar-refractivity contribution < 1.29 is 4.79 Å².